The maximum atomic E-state index is 12.3. The van der Waals surface area contributed by atoms with Gasteiger partial charge in [0, 0.05) is 35.1 Å². The van der Waals surface area contributed by atoms with E-state index >= 15 is 0 Å². The molecule has 1 aliphatic heterocycles. The Labute approximate surface area is 155 Å². The Hall–Kier alpha value is -1.24. The van der Waals surface area contributed by atoms with Crippen LogP contribution < -0.4 is 5.32 Å². The van der Waals surface area contributed by atoms with Gasteiger partial charge in [0.2, 0.25) is 0 Å². The normalized spacial score (nSPS) is 21.6. The Bertz CT molecular complexity index is 708. The topological polar surface area (TPSA) is 45.2 Å². The molecular weight excluding hydrogens is 386 g/mol. The van der Waals surface area contributed by atoms with E-state index in [1.165, 1.54) is 17.8 Å². The fourth-order valence-corrected chi connectivity index (χ4v) is 4.48. The number of nitrogens with zero attached hydrogens (tertiary/aromatic N) is 2. The first-order chi connectivity index (χ1) is 11.5. The minimum atomic E-state index is -0.127. The lowest BCUT2D eigenvalue weighted by Crippen LogP contribution is -2.38. The molecule has 128 valence electrons. The summed E-state index contributed by atoms with van der Waals surface area (Å²) in [4.78, 5) is 19.3. The highest BCUT2D eigenvalue weighted by atomic mass is 79.9. The van der Waals surface area contributed by atoms with Gasteiger partial charge in [-0.1, -0.05) is 35.8 Å². The smallest absolute Gasteiger partial charge is 0.257 e. The lowest BCUT2D eigenvalue weighted by molar-refractivity contribution is 0.102. The summed E-state index contributed by atoms with van der Waals surface area (Å²) in [5, 5.41) is 5.59. The van der Waals surface area contributed by atoms with E-state index in [0.29, 0.717) is 10.7 Å². The molecule has 0 saturated carbocycles. The predicted octanol–water partition coefficient (Wildman–Crippen LogP) is 4.64. The number of anilines is 1. The van der Waals surface area contributed by atoms with Crippen molar-refractivity contribution in [2.75, 3.05) is 18.4 Å². The number of thiazole rings is 1. The number of rotatable bonds is 4. The number of halogens is 1. The second kappa shape index (κ2) is 7.76. The van der Waals surface area contributed by atoms with Gasteiger partial charge in [0.1, 0.15) is 0 Å². The van der Waals surface area contributed by atoms with Crippen LogP contribution in [-0.2, 0) is 6.54 Å². The van der Waals surface area contributed by atoms with Crippen molar-refractivity contribution in [2.24, 2.45) is 11.8 Å². The SMILES string of the molecule is C[C@H]1C[C@H](C)CN(Cc2csc(NC(=O)c3cccc(Br)c3)n2)C1. The van der Waals surface area contributed by atoms with Crippen LogP contribution in [0.5, 0.6) is 0 Å². The molecule has 24 heavy (non-hydrogen) atoms. The molecule has 1 N–H and O–H groups in total. The second-order valence-electron chi connectivity index (χ2n) is 6.75. The van der Waals surface area contributed by atoms with Crippen molar-refractivity contribution in [3.63, 3.8) is 0 Å². The molecule has 0 spiro atoms. The van der Waals surface area contributed by atoms with Gasteiger partial charge in [0.05, 0.1) is 5.69 Å². The molecule has 1 aromatic heterocycles. The van der Waals surface area contributed by atoms with Crippen LogP contribution in [0.4, 0.5) is 5.13 Å². The Balaban J connectivity index is 1.60. The Morgan fingerprint density at radius 1 is 1.38 bits per heavy atom. The summed E-state index contributed by atoms with van der Waals surface area (Å²) in [6.45, 7) is 7.74. The fourth-order valence-electron chi connectivity index (χ4n) is 3.39. The van der Waals surface area contributed by atoms with Crippen molar-refractivity contribution in [1.29, 1.82) is 0 Å². The molecule has 1 aliphatic rings. The molecule has 4 nitrogen and oxygen atoms in total. The first-order valence-electron chi connectivity index (χ1n) is 8.23. The van der Waals surface area contributed by atoms with Crippen LogP contribution in [0.15, 0.2) is 34.1 Å². The molecule has 1 saturated heterocycles. The Morgan fingerprint density at radius 3 is 2.83 bits per heavy atom. The summed E-state index contributed by atoms with van der Waals surface area (Å²) in [5.74, 6) is 1.35. The number of benzene rings is 1. The number of carbonyl (C=O) groups is 1. The third-order valence-corrected chi connectivity index (χ3v) is 5.49. The summed E-state index contributed by atoms with van der Waals surface area (Å²) < 4.78 is 0.892. The molecule has 0 unspecified atom stereocenters. The Kier molecular flexibility index (Phi) is 5.69. The largest absolute Gasteiger partial charge is 0.298 e. The van der Waals surface area contributed by atoms with Crippen LogP contribution in [-0.4, -0.2) is 28.9 Å². The molecule has 6 heteroatoms. The summed E-state index contributed by atoms with van der Waals surface area (Å²) in [6, 6.07) is 7.36. The third kappa shape index (κ3) is 4.65. The first kappa shape index (κ1) is 17.6. The van der Waals surface area contributed by atoms with E-state index in [-0.39, 0.29) is 5.91 Å². The quantitative estimate of drug-likeness (QED) is 0.802. The van der Waals surface area contributed by atoms with E-state index in [1.807, 2.05) is 17.5 Å². The Morgan fingerprint density at radius 2 is 2.12 bits per heavy atom. The fraction of sp³-hybridized carbons (Fsp3) is 0.444. The van der Waals surface area contributed by atoms with E-state index in [9.17, 15) is 4.79 Å². The molecule has 1 aromatic carbocycles. The highest BCUT2D eigenvalue weighted by Gasteiger charge is 2.22. The minimum Gasteiger partial charge on any atom is -0.298 e. The highest BCUT2D eigenvalue weighted by Crippen LogP contribution is 2.24. The van der Waals surface area contributed by atoms with Crippen molar-refractivity contribution < 1.29 is 4.79 Å². The minimum absolute atomic E-state index is 0.127. The van der Waals surface area contributed by atoms with Crippen LogP contribution in [0.2, 0.25) is 0 Å². The van der Waals surface area contributed by atoms with Gasteiger partial charge < -0.3 is 0 Å². The van der Waals surface area contributed by atoms with Gasteiger partial charge in [-0.05, 0) is 36.5 Å². The van der Waals surface area contributed by atoms with Crippen LogP contribution in [0.3, 0.4) is 0 Å². The monoisotopic (exact) mass is 407 g/mol. The van der Waals surface area contributed by atoms with Crippen LogP contribution in [0.25, 0.3) is 0 Å². The average Bonchev–Trinajstić information content (AvgIpc) is 2.93. The number of hydrogen-bond acceptors (Lipinski definition) is 4. The zero-order chi connectivity index (χ0) is 17.1. The predicted molar refractivity (Wildman–Crippen MR) is 102 cm³/mol. The van der Waals surface area contributed by atoms with Crippen molar-refractivity contribution in [3.8, 4) is 0 Å². The number of aromatic nitrogens is 1. The molecule has 1 amide bonds. The number of carbonyl (C=O) groups excluding carboxylic acids is 1. The maximum Gasteiger partial charge on any atom is 0.257 e. The van der Waals surface area contributed by atoms with Crippen LogP contribution >= 0.6 is 27.3 Å². The summed E-state index contributed by atoms with van der Waals surface area (Å²) in [7, 11) is 0. The molecule has 2 heterocycles. The number of piperidine rings is 1. The van der Waals surface area contributed by atoms with Gasteiger partial charge in [-0.25, -0.2) is 4.98 Å². The van der Waals surface area contributed by atoms with E-state index in [1.54, 1.807) is 12.1 Å². The molecule has 2 atom stereocenters. The summed E-state index contributed by atoms with van der Waals surface area (Å²) in [5.41, 5.74) is 1.66. The maximum absolute atomic E-state index is 12.3. The van der Waals surface area contributed by atoms with Gasteiger partial charge in [0.25, 0.3) is 5.91 Å². The standard InChI is InChI=1S/C18H22BrN3OS/c1-12-6-13(2)9-22(8-12)10-16-11-24-18(20-16)21-17(23)14-4-3-5-15(19)7-14/h3-5,7,11-13H,6,8-10H2,1-2H3,(H,20,21,23)/t12-,13-/m0/s1. The zero-order valence-electron chi connectivity index (χ0n) is 14.0. The first-order valence-corrected chi connectivity index (χ1v) is 9.90. The zero-order valence-corrected chi connectivity index (χ0v) is 16.4. The van der Waals surface area contributed by atoms with Gasteiger partial charge in [-0.3, -0.25) is 15.0 Å². The molecule has 1 fully saturated rings. The summed E-state index contributed by atoms with van der Waals surface area (Å²) >= 11 is 4.87. The molecule has 3 rings (SSSR count). The lowest BCUT2D eigenvalue weighted by Gasteiger charge is -2.34. The summed E-state index contributed by atoms with van der Waals surface area (Å²) in [6.07, 6.45) is 1.31. The van der Waals surface area contributed by atoms with Crippen molar-refractivity contribution in [2.45, 2.75) is 26.8 Å². The van der Waals surface area contributed by atoms with E-state index in [2.05, 4.69) is 45.0 Å². The van der Waals surface area contributed by atoms with Gasteiger partial charge in [0.15, 0.2) is 5.13 Å². The van der Waals surface area contributed by atoms with Gasteiger partial charge in [-0.15, -0.1) is 11.3 Å². The lowest BCUT2D eigenvalue weighted by atomic mass is 9.92. The third-order valence-electron chi connectivity index (χ3n) is 4.19. The van der Waals surface area contributed by atoms with Gasteiger partial charge >= 0.3 is 0 Å². The molecular formula is C18H22BrN3OS. The second-order valence-corrected chi connectivity index (χ2v) is 8.52. The van der Waals surface area contributed by atoms with Crippen LogP contribution in [0.1, 0.15) is 36.3 Å². The molecule has 0 bridgehead atoms. The number of hydrogen-bond donors (Lipinski definition) is 1. The van der Waals surface area contributed by atoms with E-state index in [0.717, 1.165) is 41.6 Å². The highest BCUT2D eigenvalue weighted by molar-refractivity contribution is 9.10. The number of nitrogens with one attached hydrogen (secondary N) is 1. The van der Waals surface area contributed by atoms with E-state index in [4.69, 9.17) is 0 Å². The van der Waals surface area contributed by atoms with Crippen LogP contribution in [0, 0.1) is 11.8 Å². The van der Waals surface area contributed by atoms with E-state index < -0.39 is 0 Å². The van der Waals surface area contributed by atoms with Crippen molar-refractivity contribution >= 4 is 38.3 Å². The van der Waals surface area contributed by atoms with Crippen molar-refractivity contribution in [1.82, 2.24) is 9.88 Å². The van der Waals surface area contributed by atoms with Gasteiger partial charge in [-0.2, -0.15) is 0 Å². The average molecular weight is 408 g/mol. The molecule has 0 radical (unpaired) electrons. The molecule has 0 aliphatic carbocycles. The molecule has 2 aromatic rings. The van der Waals surface area contributed by atoms with Crippen molar-refractivity contribution in [3.05, 3.63) is 45.4 Å². The number of likely N-dealkylation sites (tertiary alicyclic amines) is 1. The number of amides is 1.